The molecule has 1 aromatic carbocycles. The minimum Gasteiger partial charge on any atom is -0.292 e. The first kappa shape index (κ1) is 17.7. The summed E-state index contributed by atoms with van der Waals surface area (Å²) >= 11 is 0. The molecular formula is C12H15F3NO4P. The Bertz CT molecular complexity index is 523. The third-order valence-electron chi connectivity index (χ3n) is 2.14. The quantitative estimate of drug-likeness (QED) is 0.427. The van der Waals surface area contributed by atoms with Gasteiger partial charge in [0.15, 0.2) is 0 Å². The smallest absolute Gasteiger partial charge is 0.292 e. The lowest BCUT2D eigenvalue weighted by molar-refractivity contribution is -0.137. The molecular weight excluding hydrogens is 310 g/mol. The summed E-state index contributed by atoms with van der Waals surface area (Å²) in [5, 5.41) is 3.37. The molecule has 1 rings (SSSR count). The molecule has 0 aliphatic heterocycles. The average Bonchev–Trinajstić information content (AvgIpc) is 2.38. The molecule has 0 amide bonds. The van der Waals surface area contributed by atoms with Gasteiger partial charge in [-0.05, 0) is 31.5 Å². The van der Waals surface area contributed by atoms with E-state index < -0.39 is 19.6 Å². The molecule has 0 bridgehead atoms. The summed E-state index contributed by atoms with van der Waals surface area (Å²) in [4.78, 5) is 0. The topological polar surface area (TPSA) is 57.1 Å². The van der Waals surface area contributed by atoms with E-state index in [0.717, 1.165) is 18.3 Å². The van der Waals surface area contributed by atoms with Crippen LogP contribution in [-0.4, -0.2) is 19.4 Å². The van der Waals surface area contributed by atoms with E-state index in [1.165, 1.54) is 12.1 Å². The van der Waals surface area contributed by atoms with Crippen molar-refractivity contribution in [3.05, 3.63) is 35.4 Å². The van der Waals surface area contributed by atoms with E-state index in [0.29, 0.717) is 0 Å². The average molecular weight is 325 g/mol. The second kappa shape index (κ2) is 7.59. The van der Waals surface area contributed by atoms with E-state index in [-0.39, 0.29) is 18.8 Å². The predicted octanol–water partition coefficient (Wildman–Crippen LogP) is 4.24. The van der Waals surface area contributed by atoms with Crippen molar-refractivity contribution in [3.63, 3.8) is 0 Å². The van der Waals surface area contributed by atoms with Crippen LogP contribution in [0.25, 0.3) is 0 Å². The molecule has 118 valence electrons. The number of phosphoric ester groups is 1. The number of rotatable bonds is 7. The highest BCUT2D eigenvalue weighted by molar-refractivity contribution is 7.48. The zero-order valence-electron chi connectivity index (χ0n) is 11.5. The Kier molecular flexibility index (Phi) is 6.39. The highest BCUT2D eigenvalue weighted by Gasteiger charge is 2.30. The predicted molar refractivity (Wildman–Crippen MR) is 71.0 cm³/mol. The molecule has 0 fully saturated rings. The van der Waals surface area contributed by atoms with Crippen LogP contribution in [-0.2, 0) is 24.4 Å². The Hall–Kier alpha value is -1.37. The second-order valence-electron chi connectivity index (χ2n) is 3.72. The first-order chi connectivity index (χ1) is 9.80. The Morgan fingerprint density at radius 3 is 2.38 bits per heavy atom. The molecule has 1 aromatic rings. The van der Waals surface area contributed by atoms with Gasteiger partial charge >= 0.3 is 14.0 Å². The molecule has 0 aliphatic carbocycles. The van der Waals surface area contributed by atoms with Crippen LogP contribution in [0.2, 0.25) is 0 Å². The van der Waals surface area contributed by atoms with Crippen molar-refractivity contribution in [2.45, 2.75) is 20.0 Å². The highest BCUT2D eigenvalue weighted by atomic mass is 31.2. The van der Waals surface area contributed by atoms with Gasteiger partial charge in [-0.3, -0.25) is 13.7 Å². The van der Waals surface area contributed by atoms with E-state index in [1.807, 2.05) is 0 Å². The molecule has 0 aromatic heterocycles. The normalized spacial score (nSPS) is 12.8. The van der Waals surface area contributed by atoms with Gasteiger partial charge in [-0.15, -0.1) is 0 Å². The van der Waals surface area contributed by atoms with Crippen LogP contribution in [0.4, 0.5) is 13.2 Å². The molecule has 5 nitrogen and oxygen atoms in total. The Morgan fingerprint density at radius 2 is 1.86 bits per heavy atom. The van der Waals surface area contributed by atoms with Crippen molar-refractivity contribution >= 4 is 14.0 Å². The van der Waals surface area contributed by atoms with Gasteiger partial charge in [0.1, 0.15) is 0 Å². The van der Waals surface area contributed by atoms with Crippen molar-refractivity contribution in [1.29, 1.82) is 0 Å². The van der Waals surface area contributed by atoms with Gasteiger partial charge in [0, 0.05) is 0 Å². The zero-order chi connectivity index (χ0) is 15.9. The molecule has 9 heteroatoms. The fourth-order valence-corrected chi connectivity index (χ4v) is 2.30. The van der Waals surface area contributed by atoms with Gasteiger partial charge in [-0.1, -0.05) is 17.3 Å². The molecule has 0 saturated heterocycles. The minimum absolute atomic E-state index is 0.0797. The number of halogens is 3. The fraction of sp³-hybridized carbons (Fsp3) is 0.417. The van der Waals surface area contributed by atoms with E-state index in [9.17, 15) is 17.7 Å². The first-order valence-corrected chi connectivity index (χ1v) is 7.55. The summed E-state index contributed by atoms with van der Waals surface area (Å²) in [5.74, 6) is 0. The summed E-state index contributed by atoms with van der Waals surface area (Å²) < 4.78 is 63.7. The van der Waals surface area contributed by atoms with Crippen LogP contribution in [0.5, 0.6) is 0 Å². The monoisotopic (exact) mass is 325 g/mol. The van der Waals surface area contributed by atoms with Crippen LogP contribution in [0.3, 0.4) is 0 Å². The number of hydrogen-bond acceptors (Lipinski definition) is 5. The third-order valence-corrected chi connectivity index (χ3v) is 3.58. The van der Waals surface area contributed by atoms with E-state index in [4.69, 9.17) is 9.05 Å². The maximum Gasteiger partial charge on any atom is 0.550 e. The van der Waals surface area contributed by atoms with Crippen LogP contribution in [0, 0.1) is 0 Å². The minimum atomic E-state index is -4.45. The maximum atomic E-state index is 12.5. The van der Waals surface area contributed by atoms with Crippen molar-refractivity contribution < 1.29 is 31.4 Å². The Labute approximate surface area is 120 Å². The molecule has 0 radical (unpaired) electrons. The van der Waals surface area contributed by atoms with Gasteiger partial charge in [0.2, 0.25) is 0 Å². The summed E-state index contributed by atoms with van der Waals surface area (Å²) in [6.45, 7) is 3.34. The zero-order valence-corrected chi connectivity index (χ0v) is 12.4. The molecule has 0 saturated carbocycles. The summed E-state index contributed by atoms with van der Waals surface area (Å²) in [6, 6.07) is 4.45. The number of hydrogen-bond donors (Lipinski definition) is 0. The lowest BCUT2D eigenvalue weighted by atomic mass is 10.1. The molecule has 0 heterocycles. The van der Waals surface area contributed by atoms with Gasteiger partial charge < -0.3 is 0 Å². The number of alkyl halides is 3. The molecule has 0 unspecified atom stereocenters. The molecule has 0 aliphatic rings. The van der Waals surface area contributed by atoms with Gasteiger partial charge in [-0.25, -0.2) is 4.57 Å². The maximum absolute atomic E-state index is 12.5. The van der Waals surface area contributed by atoms with Gasteiger partial charge in [0.25, 0.3) is 0 Å². The third kappa shape index (κ3) is 5.87. The number of benzene rings is 1. The van der Waals surface area contributed by atoms with Crippen molar-refractivity contribution in [3.8, 4) is 0 Å². The molecule has 0 atom stereocenters. The standard InChI is InChI=1S/C12H15F3NO4P/c1-3-18-21(17,19-4-2)20-16-9-10-6-5-7-11(8-10)12(13,14)15/h5-9H,3-4H2,1-2H3/b16-9-. The van der Waals surface area contributed by atoms with E-state index >= 15 is 0 Å². The van der Waals surface area contributed by atoms with Crippen molar-refractivity contribution in [1.82, 2.24) is 0 Å². The Morgan fingerprint density at radius 1 is 1.24 bits per heavy atom. The van der Waals surface area contributed by atoms with E-state index in [2.05, 4.69) is 9.78 Å². The summed E-state index contributed by atoms with van der Waals surface area (Å²) in [7, 11) is -3.82. The number of oxime groups is 1. The summed E-state index contributed by atoms with van der Waals surface area (Å²) in [5.41, 5.74) is -0.673. The van der Waals surface area contributed by atoms with Crippen LogP contribution < -0.4 is 0 Å². The van der Waals surface area contributed by atoms with Gasteiger partial charge in [0.05, 0.1) is 25.0 Å². The SMILES string of the molecule is CCOP(=O)(OCC)O/N=C\c1cccc(C(F)(F)F)c1. The first-order valence-electron chi connectivity index (χ1n) is 6.09. The number of phosphoric acid groups is 1. The van der Waals surface area contributed by atoms with Crippen molar-refractivity contribution in [2.75, 3.05) is 13.2 Å². The lowest BCUT2D eigenvalue weighted by Gasteiger charge is -2.12. The second-order valence-corrected chi connectivity index (χ2v) is 5.30. The molecule has 0 N–H and O–H groups in total. The van der Waals surface area contributed by atoms with E-state index in [1.54, 1.807) is 13.8 Å². The van der Waals surface area contributed by atoms with Crippen molar-refractivity contribution in [2.24, 2.45) is 5.16 Å². The molecule has 21 heavy (non-hydrogen) atoms. The van der Waals surface area contributed by atoms with Crippen LogP contribution >= 0.6 is 7.82 Å². The Balaban J connectivity index is 2.79. The highest BCUT2D eigenvalue weighted by Crippen LogP contribution is 2.49. The molecule has 0 spiro atoms. The number of nitrogens with zero attached hydrogens (tertiary/aromatic N) is 1. The van der Waals surface area contributed by atoms with Crippen LogP contribution in [0.15, 0.2) is 29.4 Å². The lowest BCUT2D eigenvalue weighted by Crippen LogP contribution is -2.05. The van der Waals surface area contributed by atoms with Crippen LogP contribution in [0.1, 0.15) is 25.0 Å². The van der Waals surface area contributed by atoms with Gasteiger partial charge in [-0.2, -0.15) is 13.2 Å². The largest absolute Gasteiger partial charge is 0.550 e. The summed E-state index contributed by atoms with van der Waals surface area (Å²) in [6.07, 6.45) is -3.45. The fourth-order valence-electron chi connectivity index (χ4n) is 1.34.